The molecule has 0 rings (SSSR count). The van der Waals surface area contributed by atoms with Gasteiger partial charge in [-0.1, -0.05) is 198 Å². The van der Waals surface area contributed by atoms with Crippen LogP contribution in [0.2, 0.25) is 0 Å². The molecular formula is C57H104O16P2. The summed E-state index contributed by atoms with van der Waals surface area (Å²) in [5.74, 6) is -1.60. The molecule has 0 heterocycles. The second-order valence-corrected chi connectivity index (χ2v) is 22.4. The van der Waals surface area contributed by atoms with Crippen LogP contribution in [0.15, 0.2) is 48.6 Å². The van der Waals surface area contributed by atoms with Gasteiger partial charge in [0.05, 0.1) is 26.4 Å². The molecule has 75 heavy (non-hydrogen) atoms. The Hall–Kier alpha value is -2.49. The van der Waals surface area contributed by atoms with E-state index < -0.39 is 91.5 Å². The van der Waals surface area contributed by atoms with Crippen molar-refractivity contribution in [3.63, 3.8) is 0 Å². The molecule has 0 amide bonds. The quantitative estimate of drug-likeness (QED) is 0.0146. The molecule has 16 nitrogen and oxygen atoms in total. The summed E-state index contributed by atoms with van der Waals surface area (Å²) >= 11 is 0. The van der Waals surface area contributed by atoms with Crippen LogP contribution in [0.3, 0.4) is 0 Å². The van der Waals surface area contributed by atoms with Gasteiger partial charge in [0.15, 0.2) is 6.10 Å². The monoisotopic (exact) mass is 1110 g/mol. The summed E-state index contributed by atoms with van der Waals surface area (Å²) < 4.78 is 60.5. The third kappa shape index (κ3) is 53.3. The van der Waals surface area contributed by atoms with E-state index in [1.165, 1.54) is 51.4 Å². The van der Waals surface area contributed by atoms with E-state index in [2.05, 4.69) is 69.4 Å². The average Bonchev–Trinajstić information content (AvgIpc) is 3.38. The van der Waals surface area contributed by atoms with E-state index in [4.69, 9.17) is 32.3 Å². The van der Waals surface area contributed by atoms with Crippen LogP contribution >= 0.6 is 15.6 Å². The van der Waals surface area contributed by atoms with Crippen LogP contribution in [0.4, 0.5) is 0 Å². The highest BCUT2D eigenvalue weighted by atomic mass is 31.2. The first-order valence-electron chi connectivity index (χ1n) is 28.9. The number of phosphoric acid groups is 2. The van der Waals surface area contributed by atoms with E-state index in [0.717, 1.165) is 128 Å². The minimum Gasteiger partial charge on any atom is -0.463 e. The zero-order valence-corrected chi connectivity index (χ0v) is 48.5. The van der Waals surface area contributed by atoms with Gasteiger partial charge in [-0.3, -0.25) is 32.5 Å². The van der Waals surface area contributed by atoms with E-state index >= 15 is 0 Å². The van der Waals surface area contributed by atoms with Crippen molar-refractivity contribution in [2.75, 3.05) is 39.6 Å². The molecule has 438 valence electrons. The summed E-state index contributed by atoms with van der Waals surface area (Å²) in [6.45, 7) is 2.49. The number of carbonyl (C=O) groups is 3. The van der Waals surface area contributed by atoms with Gasteiger partial charge in [0.25, 0.3) is 0 Å². The summed E-state index contributed by atoms with van der Waals surface area (Å²) in [7, 11) is -9.75. The molecule has 0 spiro atoms. The minimum absolute atomic E-state index is 0.107. The number of ether oxygens (including phenoxy) is 3. The number of unbranched alkanes of at least 4 members (excludes halogenated alkanes) is 24. The van der Waals surface area contributed by atoms with Gasteiger partial charge < -0.3 is 34.2 Å². The number of carbonyl (C=O) groups excluding carboxylic acids is 3. The third-order valence-corrected chi connectivity index (χ3v) is 13.9. The van der Waals surface area contributed by atoms with E-state index in [9.17, 15) is 43.5 Å². The van der Waals surface area contributed by atoms with Crippen molar-refractivity contribution in [2.45, 2.75) is 257 Å². The summed E-state index contributed by atoms with van der Waals surface area (Å²) in [4.78, 5) is 57.9. The Kier molecular flexibility index (Phi) is 50.5. The van der Waals surface area contributed by atoms with Gasteiger partial charge in [0.1, 0.15) is 25.4 Å². The second kappa shape index (κ2) is 52.2. The molecule has 0 radical (unpaired) electrons. The van der Waals surface area contributed by atoms with E-state index in [1.807, 2.05) is 0 Å². The molecule has 0 aromatic rings. The smallest absolute Gasteiger partial charge is 0.463 e. The van der Waals surface area contributed by atoms with Crippen LogP contribution in [-0.4, -0.2) is 95.9 Å². The van der Waals surface area contributed by atoms with Gasteiger partial charge in [-0.25, -0.2) is 9.13 Å². The maximum Gasteiger partial charge on any atom is 0.472 e. The highest BCUT2D eigenvalue weighted by Gasteiger charge is 2.29. The normalized spacial score (nSPS) is 14.9. The maximum atomic E-state index is 12.8. The fourth-order valence-corrected chi connectivity index (χ4v) is 9.11. The Balaban J connectivity index is 4.72. The minimum atomic E-state index is -4.91. The topological polar surface area (TPSA) is 231 Å². The zero-order valence-electron chi connectivity index (χ0n) is 46.7. The van der Waals surface area contributed by atoms with Crippen LogP contribution in [0.5, 0.6) is 0 Å². The molecule has 0 saturated carbocycles. The van der Waals surface area contributed by atoms with Gasteiger partial charge in [-0.15, -0.1) is 0 Å². The predicted molar refractivity (Wildman–Crippen MR) is 298 cm³/mol. The molecule has 0 fully saturated rings. The number of hydrogen-bond donors (Lipinski definition) is 4. The molecule has 0 aliphatic carbocycles. The molecule has 18 heteroatoms. The molecule has 0 aromatic carbocycles. The van der Waals surface area contributed by atoms with Crippen LogP contribution in [0.25, 0.3) is 0 Å². The lowest BCUT2D eigenvalue weighted by Crippen LogP contribution is -2.30. The standard InChI is InChI=1S/C57H104O16P2/c1-4-7-10-13-16-19-22-25-28-31-34-37-40-43-55(60)67-46-52(58)47-69-74(63,64)70-48-53(59)49-71-75(65,66)72-51-54(73-57(62)45-42-39-36-33-30-27-24-21-18-15-12-9-6-3)50-68-56(61)44-41-38-35-32-29-26-23-20-17-14-11-8-5-2/h10-11,13-14,19-20,22-23,52-54,58-59H,4-9,12,15-18,21,24-51H2,1-3H3,(H,63,64)(H,65,66)/b13-10-,14-11-,22-19-,23-20-. The van der Waals surface area contributed by atoms with Crippen molar-refractivity contribution < 1.29 is 75.8 Å². The number of esters is 3. The van der Waals surface area contributed by atoms with E-state index in [-0.39, 0.29) is 19.3 Å². The molecule has 0 aliphatic heterocycles. The van der Waals surface area contributed by atoms with Crippen LogP contribution in [0.1, 0.15) is 239 Å². The van der Waals surface area contributed by atoms with Gasteiger partial charge in [-0.2, -0.15) is 0 Å². The fraction of sp³-hybridized carbons (Fsp3) is 0.807. The molecule has 4 N–H and O–H groups in total. The SMILES string of the molecule is CCC/C=C\C/C=C\CCCCCCCC(=O)OCC(O)COP(=O)(O)OCC(O)COP(=O)(O)OCC(COC(=O)CCCCCCC/C=C\C/C=C\CCC)OC(=O)CCCCCCCCCCCCCCC. The number of hydrogen-bond acceptors (Lipinski definition) is 14. The Morgan fingerprint density at radius 3 is 1.09 bits per heavy atom. The summed E-state index contributed by atoms with van der Waals surface area (Å²) in [6, 6.07) is 0. The number of phosphoric ester groups is 2. The Morgan fingerprint density at radius 2 is 0.693 bits per heavy atom. The van der Waals surface area contributed by atoms with Gasteiger partial charge >= 0.3 is 33.6 Å². The molecule has 5 atom stereocenters. The number of rotatable bonds is 55. The molecule has 0 aromatic heterocycles. The first kappa shape index (κ1) is 72.5. The van der Waals surface area contributed by atoms with Crippen molar-refractivity contribution in [2.24, 2.45) is 0 Å². The van der Waals surface area contributed by atoms with Gasteiger partial charge in [0.2, 0.25) is 0 Å². The maximum absolute atomic E-state index is 12.8. The molecular weight excluding hydrogens is 1000 g/mol. The van der Waals surface area contributed by atoms with Crippen molar-refractivity contribution in [1.29, 1.82) is 0 Å². The lowest BCUT2D eigenvalue weighted by atomic mass is 10.0. The summed E-state index contributed by atoms with van der Waals surface area (Å²) in [5, 5.41) is 20.4. The second-order valence-electron chi connectivity index (χ2n) is 19.4. The van der Waals surface area contributed by atoms with Crippen LogP contribution < -0.4 is 0 Å². The first-order chi connectivity index (χ1) is 36.2. The van der Waals surface area contributed by atoms with Gasteiger partial charge in [0, 0.05) is 19.3 Å². The molecule has 0 bridgehead atoms. The zero-order chi connectivity index (χ0) is 55.4. The van der Waals surface area contributed by atoms with Crippen molar-refractivity contribution >= 4 is 33.6 Å². The highest BCUT2D eigenvalue weighted by Crippen LogP contribution is 2.45. The first-order valence-corrected chi connectivity index (χ1v) is 31.9. The van der Waals surface area contributed by atoms with Crippen LogP contribution in [0, 0.1) is 0 Å². The summed E-state index contributed by atoms with van der Waals surface area (Å²) in [6.07, 6.45) is 46.2. The Morgan fingerprint density at radius 1 is 0.373 bits per heavy atom. The average molecular weight is 1110 g/mol. The summed E-state index contributed by atoms with van der Waals surface area (Å²) in [5.41, 5.74) is 0. The molecule has 0 aliphatic rings. The lowest BCUT2D eigenvalue weighted by molar-refractivity contribution is -0.161. The Labute approximate surface area is 453 Å². The highest BCUT2D eigenvalue weighted by molar-refractivity contribution is 7.47. The number of aliphatic hydroxyl groups is 2. The number of allylic oxidation sites excluding steroid dienone is 8. The molecule has 5 unspecified atom stereocenters. The van der Waals surface area contributed by atoms with Crippen molar-refractivity contribution in [3.05, 3.63) is 48.6 Å². The van der Waals surface area contributed by atoms with Gasteiger partial charge in [-0.05, 0) is 70.6 Å². The fourth-order valence-electron chi connectivity index (χ4n) is 7.53. The number of aliphatic hydroxyl groups excluding tert-OH is 2. The predicted octanol–water partition coefficient (Wildman–Crippen LogP) is 14.5. The van der Waals surface area contributed by atoms with E-state index in [1.54, 1.807) is 0 Å². The Bertz CT molecular complexity index is 1590. The third-order valence-electron chi connectivity index (χ3n) is 12.0. The van der Waals surface area contributed by atoms with E-state index in [0.29, 0.717) is 19.3 Å². The van der Waals surface area contributed by atoms with Crippen LogP contribution in [-0.2, 0) is 55.8 Å². The van der Waals surface area contributed by atoms with Crippen molar-refractivity contribution in [1.82, 2.24) is 0 Å². The van der Waals surface area contributed by atoms with Crippen molar-refractivity contribution in [3.8, 4) is 0 Å². The lowest BCUT2D eigenvalue weighted by Gasteiger charge is -2.21. The largest absolute Gasteiger partial charge is 0.472 e. The molecule has 0 saturated heterocycles.